The van der Waals surface area contributed by atoms with Crippen molar-refractivity contribution >= 4 is 31.6 Å². The van der Waals surface area contributed by atoms with Crippen molar-refractivity contribution < 1.29 is 0 Å². The molecule has 3 heterocycles. The largest absolute Gasteiger partial charge is 0.361 e. The summed E-state index contributed by atoms with van der Waals surface area (Å²) in [6.07, 6.45) is 1.91. The molecular weight excluding hydrogens is 308 g/mol. The molecule has 3 aromatic heterocycles. The average Bonchev–Trinajstić information content (AvgIpc) is 3.14. The first-order valence-electron chi connectivity index (χ1n) is 7.36. The first-order chi connectivity index (χ1) is 11.1. The molecule has 0 atom stereocenters. The molecule has 0 spiro atoms. The van der Waals surface area contributed by atoms with Crippen LogP contribution in [0.15, 0.2) is 41.3 Å². The van der Waals surface area contributed by atoms with Gasteiger partial charge in [-0.1, -0.05) is 6.07 Å². The van der Waals surface area contributed by atoms with E-state index >= 15 is 0 Å². The number of hydrogen-bond donors (Lipinski definition) is 2. The van der Waals surface area contributed by atoms with Crippen molar-refractivity contribution in [1.82, 2.24) is 19.9 Å². The molecule has 0 aliphatic heterocycles. The number of H-pyrrole nitrogens is 2. The zero-order chi connectivity index (χ0) is 16.0. The molecule has 0 amide bonds. The monoisotopic (exact) mass is 324 g/mol. The van der Waals surface area contributed by atoms with Crippen LogP contribution in [0, 0.1) is 0 Å². The fourth-order valence-corrected chi connectivity index (χ4v) is 3.77. The number of fused-ring (bicyclic) bond motifs is 3. The topological polar surface area (TPSA) is 64.8 Å². The smallest absolute Gasteiger partial charge is 0.268 e. The van der Waals surface area contributed by atoms with Crippen molar-refractivity contribution in [3.63, 3.8) is 0 Å². The van der Waals surface area contributed by atoms with Crippen molar-refractivity contribution in [3.8, 4) is 11.3 Å². The highest BCUT2D eigenvalue weighted by Crippen LogP contribution is 2.33. The third-order valence-corrected chi connectivity index (χ3v) is 4.91. The number of nitrogens with zero attached hydrogens (tertiary/aromatic N) is 2. The molecular formula is C17H16N4OS. The number of benzene rings is 1. The first kappa shape index (κ1) is 14.2. The maximum atomic E-state index is 12.4. The summed E-state index contributed by atoms with van der Waals surface area (Å²) in [6, 6.07) is 10.2. The Morgan fingerprint density at radius 3 is 2.87 bits per heavy atom. The molecule has 5 nitrogen and oxygen atoms in total. The molecule has 0 saturated heterocycles. The second-order valence-corrected chi connectivity index (χ2v) is 6.88. The molecule has 23 heavy (non-hydrogen) atoms. The fourth-order valence-electron chi connectivity index (χ4n) is 2.75. The minimum atomic E-state index is -0.0607. The lowest BCUT2D eigenvalue weighted by Crippen LogP contribution is -2.17. The van der Waals surface area contributed by atoms with Crippen LogP contribution in [0.25, 0.3) is 31.6 Å². The van der Waals surface area contributed by atoms with E-state index in [1.165, 1.54) is 11.3 Å². The standard InChI is InChI=1S/C17H16N4OS/c1-21(2)9-14-19-15-11-8-10(12-4-3-7-18-12)5-6-13(11)23-16(15)17(22)20-14/h3-8,18H,9H2,1-2H3,(H,19,20,22). The second kappa shape index (κ2) is 5.33. The lowest BCUT2D eigenvalue weighted by Gasteiger charge is -2.08. The van der Waals surface area contributed by atoms with Gasteiger partial charge in [0.2, 0.25) is 0 Å². The van der Waals surface area contributed by atoms with E-state index in [1.54, 1.807) is 0 Å². The Kier molecular flexibility index (Phi) is 3.28. The van der Waals surface area contributed by atoms with E-state index in [0.717, 1.165) is 26.9 Å². The zero-order valence-electron chi connectivity index (χ0n) is 12.9. The van der Waals surface area contributed by atoms with Gasteiger partial charge in [-0.15, -0.1) is 11.3 Å². The summed E-state index contributed by atoms with van der Waals surface area (Å²) in [4.78, 5) is 25.1. The van der Waals surface area contributed by atoms with E-state index in [2.05, 4.69) is 33.2 Å². The van der Waals surface area contributed by atoms with E-state index in [9.17, 15) is 4.79 Å². The van der Waals surface area contributed by atoms with Crippen molar-refractivity contribution in [3.05, 3.63) is 52.7 Å². The molecule has 1 aromatic carbocycles. The second-order valence-electron chi connectivity index (χ2n) is 5.82. The minimum Gasteiger partial charge on any atom is -0.361 e. The molecule has 6 heteroatoms. The van der Waals surface area contributed by atoms with Crippen LogP contribution in [0.4, 0.5) is 0 Å². The van der Waals surface area contributed by atoms with Crippen LogP contribution in [0.3, 0.4) is 0 Å². The predicted molar refractivity (Wildman–Crippen MR) is 94.9 cm³/mol. The van der Waals surface area contributed by atoms with Crippen LogP contribution in [0.2, 0.25) is 0 Å². The number of hydrogen-bond acceptors (Lipinski definition) is 4. The summed E-state index contributed by atoms with van der Waals surface area (Å²) in [5.74, 6) is 0.692. The maximum Gasteiger partial charge on any atom is 0.268 e. The zero-order valence-corrected chi connectivity index (χ0v) is 13.7. The molecule has 0 fully saturated rings. The molecule has 0 bridgehead atoms. The molecule has 116 valence electrons. The number of rotatable bonds is 3. The lowest BCUT2D eigenvalue weighted by atomic mass is 10.1. The SMILES string of the molecule is CN(C)Cc1nc2c(sc3ccc(-c4ccc[nH]4)cc32)c(=O)[nH]1. The molecule has 4 rings (SSSR count). The van der Waals surface area contributed by atoms with Crippen LogP contribution < -0.4 is 5.56 Å². The third kappa shape index (κ3) is 2.46. The summed E-state index contributed by atoms with van der Waals surface area (Å²) < 4.78 is 1.77. The Bertz CT molecular complexity index is 1040. The Labute approximate surface area is 136 Å². The lowest BCUT2D eigenvalue weighted by molar-refractivity contribution is 0.390. The fraction of sp³-hybridized carbons (Fsp3) is 0.176. The molecule has 0 unspecified atom stereocenters. The Morgan fingerprint density at radius 2 is 2.13 bits per heavy atom. The maximum absolute atomic E-state index is 12.4. The van der Waals surface area contributed by atoms with Gasteiger partial charge in [0.15, 0.2) is 0 Å². The van der Waals surface area contributed by atoms with Gasteiger partial charge in [0, 0.05) is 22.0 Å². The van der Waals surface area contributed by atoms with Crippen molar-refractivity contribution in [2.45, 2.75) is 6.54 Å². The number of thiophene rings is 1. The predicted octanol–water partition coefficient (Wildman–Crippen LogP) is 3.19. The molecule has 0 aliphatic rings. The highest BCUT2D eigenvalue weighted by molar-refractivity contribution is 7.25. The molecule has 0 aliphatic carbocycles. The van der Waals surface area contributed by atoms with Crippen molar-refractivity contribution in [2.75, 3.05) is 14.1 Å². The van der Waals surface area contributed by atoms with Crippen LogP contribution in [-0.4, -0.2) is 33.9 Å². The van der Waals surface area contributed by atoms with Crippen LogP contribution in [0.1, 0.15) is 5.82 Å². The van der Waals surface area contributed by atoms with Gasteiger partial charge in [0.25, 0.3) is 5.56 Å². The van der Waals surface area contributed by atoms with Gasteiger partial charge < -0.3 is 14.9 Å². The summed E-state index contributed by atoms with van der Waals surface area (Å²) in [6.45, 7) is 0.610. The van der Waals surface area contributed by atoms with E-state index in [0.29, 0.717) is 17.1 Å². The van der Waals surface area contributed by atoms with Gasteiger partial charge in [-0.2, -0.15) is 0 Å². The molecule has 4 aromatic rings. The summed E-state index contributed by atoms with van der Waals surface area (Å²) in [5.41, 5.74) is 2.89. The Morgan fingerprint density at radius 1 is 1.26 bits per heavy atom. The Balaban J connectivity index is 1.98. The quantitative estimate of drug-likeness (QED) is 0.608. The van der Waals surface area contributed by atoms with Gasteiger partial charge >= 0.3 is 0 Å². The van der Waals surface area contributed by atoms with Gasteiger partial charge in [-0.05, 0) is 43.9 Å². The van der Waals surface area contributed by atoms with E-state index in [-0.39, 0.29) is 5.56 Å². The van der Waals surface area contributed by atoms with Crippen molar-refractivity contribution in [2.24, 2.45) is 0 Å². The van der Waals surface area contributed by atoms with E-state index in [1.807, 2.05) is 37.3 Å². The van der Waals surface area contributed by atoms with Gasteiger partial charge in [0.05, 0.1) is 12.1 Å². The molecule has 0 radical (unpaired) electrons. The first-order valence-corrected chi connectivity index (χ1v) is 8.17. The highest BCUT2D eigenvalue weighted by Gasteiger charge is 2.13. The molecule has 2 N–H and O–H groups in total. The van der Waals surface area contributed by atoms with E-state index in [4.69, 9.17) is 0 Å². The number of aromatic nitrogens is 3. The van der Waals surface area contributed by atoms with E-state index < -0.39 is 0 Å². The third-order valence-electron chi connectivity index (χ3n) is 3.75. The number of nitrogens with one attached hydrogen (secondary N) is 2. The van der Waals surface area contributed by atoms with Gasteiger partial charge in [-0.25, -0.2) is 4.98 Å². The van der Waals surface area contributed by atoms with Crippen LogP contribution in [0.5, 0.6) is 0 Å². The van der Waals surface area contributed by atoms with Crippen LogP contribution >= 0.6 is 11.3 Å². The number of aromatic amines is 2. The normalized spacial score (nSPS) is 11.8. The van der Waals surface area contributed by atoms with Crippen molar-refractivity contribution in [1.29, 1.82) is 0 Å². The Hall–Kier alpha value is -2.44. The highest BCUT2D eigenvalue weighted by atomic mass is 32.1. The van der Waals surface area contributed by atoms with Crippen LogP contribution in [-0.2, 0) is 6.54 Å². The average molecular weight is 324 g/mol. The van der Waals surface area contributed by atoms with Gasteiger partial charge in [0.1, 0.15) is 10.5 Å². The summed E-state index contributed by atoms with van der Waals surface area (Å²) in [5, 5.41) is 1.03. The minimum absolute atomic E-state index is 0.0607. The van der Waals surface area contributed by atoms with Gasteiger partial charge in [-0.3, -0.25) is 4.79 Å². The molecule has 0 saturated carbocycles. The summed E-state index contributed by atoms with van der Waals surface area (Å²) in [7, 11) is 3.92. The summed E-state index contributed by atoms with van der Waals surface area (Å²) >= 11 is 1.49.